The highest BCUT2D eigenvalue weighted by molar-refractivity contribution is 6.09. The Hall–Kier alpha value is -2.82. The maximum Gasteiger partial charge on any atom is 0.339 e. The number of rotatable bonds is 5. The van der Waals surface area contributed by atoms with Crippen molar-refractivity contribution in [1.82, 2.24) is 0 Å². The van der Waals surface area contributed by atoms with E-state index < -0.39 is 5.97 Å². The number of carbonyl (C=O) groups excluding carboxylic acids is 1. The first-order valence-corrected chi connectivity index (χ1v) is 7.70. The summed E-state index contributed by atoms with van der Waals surface area (Å²) < 4.78 is 5.11. The number of methoxy groups -OCH3 is 1. The van der Waals surface area contributed by atoms with Crippen molar-refractivity contribution >= 4 is 17.6 Å². The van der Waals surface area contributed by atoms with Crippen molar-refractivity contribution in [2.75, 3.05) is 18.6 Å². The van der Waals surface area contributed by atoms with Crippen LogP contribution in [0.15, 0.2) is 36.4 Å². The second-order valence-corrected chi connectivity index (χ2v) is 5.51. The Kier molecular flexibility index (Phi) is 5.24. The summed E-state index contributed by atoms with van der Waals surface area (Å²) in [5.74, 6) is -1.11. The van der Waals surface area contributed by atoms with Crippen molar-refractivity contribution in [2.24, 2.45) is 0 Å². The van der Waals surface area contributed by atoms with Crippen LogP contribution < -0.4 is 9.64 Å². The standard InChI is InChI=1S/C19H21NO4/c1-5-20(16-9-7-6-8-12(16)2)18(21)14-11-15(19(22)23)17(24-4)10-13(14)3/h6-11H,5H2,1-4H3,(H,22,23). The van der Waals surface area contributed by atoms with Crippen LogP contribution in [0.2, 0.25) is 0 Å². The van der Waals surface area contributed by atoms with Gasteiger partial charge in [0.25, 0.3) is 5.91 Å². The Bertz CT molecular complexity index is 783. The first-order chi connectivity index (χ1) is 11.4. The summed E-state index contributed by atoms with van der Waals surface area (Å²) in [6.45, 7) is 6.08. The Balaban J connectivity index is 2.54. The molecule has 0 aliphatic carbocycles. The predicted octanol–water partition coefficient (Wildman–Crippen LogP) is 3.68. The molecule has 0 heterocycles. The van der Waals surface area contributed by atoms with Gasteiger partial charge in [0.05, 0.1) is 7.11 Å². The number of carboxylic acid groups (broad SMARTS) is 1. The minimum absolute atomic E-state index is 0.0210. The lowest BCUT2D eigenvalue weighted by molar-refractivity contribution is 0.0693. The minimum atomic E-state index is -1.13. The fourth-order valence-corrected chi connectivity index (χ4v) is 2.68. The Morgan fingerprint density at radius 1 is 1.08 bits per heavy atom. The van der Waals surface area contributed by atoms with Crippen LogP contribution in [-0.4, -0.2) is 30.6 Å². The molecule has 0 radical (unpaired) electrons. The van der Waals surface area contributed by atoms with Crippen LogP contribution in [0.4, 0.5) is 5.69 Å². The van der Waals surface area contributed by atoms with Gasteiger partial charge in [0.1, 0.15) is 11.3 Å². The summed E-state index contributed by atoms with van der Waals surface area (Å²) in [5.41, 5.74) is 2.81. The number of hydrogen-bond acceptors (Lipinski definition) is 3. The maximum absolute atomic E-state index is 13.0. The van der Waals surface area contributed by atoms with E-state index in [2.05, 4.69) is 0 Å². The van der Waals surface area contributed by atoms with Crippen LogP contribution in [0.3, 0.4) is 0 Å². The number of benzene rings is 2. The molecule has 0 unspecified atom stereocenters. The van der Waals surface area contributed by atoms with Crippen molar-refractivity contribution in [2.45, 2.75) is 20.8 Å². The molecule has 0 saturated heterocycles. The summed E-state index contributed by atoms with van der Waals surface area (Å²) in [6.07, 6.45) is 0. The molecule has 1 N–H and O–H groups in total. The SMILES string of the molecule is CCN(C(=O)c1cc(C(=O)O)c(OC)cc1C)c1ccccc1C. The zero-order valence-corrected chi connectivity index (χ0v) is 14.3. The van der Waals surface area contributed by atoms with E-state index in [0.29, 0.717) is 17.7 Å². The number of carbonyl (C=O) groups is 2. The maximum atomic E-state index is 13.0. The number of hydrogen-bond donors (Lipinski definition) is 1. The highest BCUT2D eigenvalue weighted by Gasteiger charge is 2.23. The van der Waals surface area contributed by atoms with Gasteiger partial charge in [-0.1, -0.05) is 18.2 Å². The van der Waals surface area contributed by atoms with Crippen molar-refractivity contribution < 1.29 is 19.4 Å². The van der Waals surface area contributed by atoms with E-state index in [4.69, 9.17) is 4.74 Å². The van der Waals surface area contributed by atoms with Gasteiger partial charge in [-0.15, -0.1) is 0 Å². The second-order valence-electron chi connectivity index (χ2n) is 5.51. The minimum Gasteiger partial charge on any atom is -0.496 e. The smallest absolute Gasteiger partial charge is 0.339 e. The molecule has 2 aromatic carbocycles. The predicted molar refractivity (Wildman–Crippen MR) is 93.2 cm³/mol. The van der Waals surface area contributed by atoms with Crippen molar-refractivity contribution in [3.05, 3.63) is 58.7 Å². The number of amides is 1. The van der Waals surface area contributed by atoms with E-state index in [1.165, 1.54) is 13.2 Å². The first kappa shape index (κ1) is 17.5. The Morgan fingerprint density at radius 2 is 1.75 bits per heavy atom. The zero-order chi connectivity index (χ0) is 17.9. The van der Waals surface area contributed by atoms with Gasteiger partial charge < -0.3 is 14.7 Å². The number of para-hydroxylation sites is 1. The molecule has 0 aliphatic heterocycles. The molecule has 0 spiro atoms. The number of aryl methyl sites for hydroxylation is 2. The summed E-state index contributed by atoms with van der Waals surface area (Å²) in [6, 6.07) is 10.6. The summed E-state index contributed by atoms with van der Waals surface area (Å²) in [7, 11) is 1.41. The molecule has 5 nitrogen and oxygen atoms in total. The van der Waals surface area contributed by atoms with Gasteiger partial charge in [0.2, 0.25) is 0 Å². The Morgan fingerprint density at radius 3 is 2.29 bits per heavy atom. The van der Waals surface area contributed by atoms with E-state index in [-0.39, 0.29) is 17.2 Å². The lowest BCUT2D eigenvalue weighted by Crippen LogP contribution is -2.32. The van der Waals surface area contributed by atoms with Gasteiger partial charge in [0.15, 0.2) is 0 Å². The first-order valence-electron chi connectivity index (χ1n) is 7.70. The fourth-order valence-electron chi connectivity index (χ4n) is 2.68. The van der Waals surface area contributed by atoms with E-state index in [1.54, 1.807) is 17.9 Å². The lowest BCUT2D eigenvalue weighted by atomic mass is 10.0. The average molecular weight is 327 g/mol. The van der Waals surface area contributed by atoms with Gasteiger partial charge in [0, 0.05) is 17.8 Å². The molecule has 126 valence electrons. The summed E-state index contributed by atoms with van der Waals surface area (Å²) in [5, 5.41) is 9.35. The number of aromatic carboxylic acids is 1. The Labute approximate surface area is 141 Å². The lowest BCUT2D eigenvalue weighted by Gasteiger charge is -2.24. The molecule has 0 saturated carbocycles. The zero-order valence-electron chi connectivity index (χ0n) is 14.3. The monoisotopic (exact) mass is 327 g/mol. The van der Waals surface area contributed by atoms with Crippen LogP contribution in [-0.2, 0) is 0 Å². The molecule has 2 aromatic rings. The molecule has 0 aliphatic rings. The van der Waals surface area contributed by atoms with E-state index in [1.807, 2.05) is 38.1 Å². The van der Waals surface area contributed by atoms with Crippen LogP contribution in [0.25, 0.3) is 0 Å². The number of ether oxygens (including phenoxy) is 1. The van der Waals surface area contributed by atoms with Gasteiger partial charge in [-0.05, 0) is 50.1 Å². The molecule has 5 heteroatoms. The quantitative estimate of drug-likeness (QED) is 0.910. The van der Waals surface area contributed by atoms with Crippen LogP contribution in [0.5, 0.6) is 5.75 Å². The largest absolute Gasteiger partial charge is 0.496 e. The van der Waals surface area contributed by atoms with Crippen LogP contribution in [0, 0.1) is 13.8 Å². The molecular formula is C19H21NO4. The van der Waals surface area contributed by atoms with Crippen molar-refractivity contribution in [3.8, 4) is 5.75 Å². The van der Waals surface area contributed by atoms with Gasteiger partial charge in [-0.3, -0.25) is 4.79 Å². The van der Waals surface area contributed by atoms with Crippen molar-refractivity contribution in [1.29, 1.82) is 0 Å². The van der Waals surface area contributed by atoms with Gasteiger partial charge >= 0.3 is 5.97 Å². The molecule has 0 fully saturated rings. The molecule has 0 atom stereocenters. The number of nitrogens with zero attached hydrogens (tertiary/aromatic N) is 1. The molecule has 0 bridgehead atoms. The van der Waals surface area contributed by atoms with Gasteiger partial charge in [-0.25, -0.2) is 4.79 Å². The van der Waals surface area contributed by atoms with E-state index >= 15 is 0 Å². The third kappa shape index (κ3) is 3.25. The fraction of sp³-hybridized carbons (Fsp3) is 0.263. The third-order valence-electron chi connectivity index (χ3n) is 3.97. The van der Waals surface area contributed by atoms with E-state index in [9.17, 15) is 14.7 Å². The normalized spacial score (nSPS) is 10.3. The summed E-state index contributed by atoms with van der Waals surface area (Å²) in [4.78, 5) is 26.1. The molecule has 1 amide bonds. The molecule has 0 aromatic heterocycles. The average Bonchev–Trinajstić information content (AvgIpc) is 2.56. The molecular weight excluding hydrogens is 306 g/mol. The van der Waals surface area contributed by atoms with Crippen LogP contribution in [0.1, 0.15) is 38.8 Å². The third-order valence-corrected chi connectivity index (χ3v) is 3.97. The second kappa shape index (κ2) is 7.17. The molecule has 2 rings (SSSR count). The van der Waals surface area contributed by atoms with Crippen molar-refractivity contribution in [3.63, 3.8) is 0 Å². The number of carboxylic acids is 1. The highest BCUT2D eigenvalue weighted by Crippen LogP contribution is 2.27. The molecule has 24 heavy (non-hydrogen) atoms. The summed E-state index contributed by atoms with van der Waals surface area (Å²) >= 11 is 0. The number of anilines is 1. The van der Waals surface area contributed by atoms with E-state index in [0.717, 1.165) is 11.3 Å². The topological polar surface area (TPSA) is 66.8 Å². The van der Waals surface area contributed by atoms with Gasteiger partial charge in [-0.2, -0.15) is 0 Å². The van der Waals surface area contributed by atoms with Crippen LogP contribution >= 0.6 is 0 Å². The highest BCUT2D eigenvalue weighted by atomic mass is 16.5.